The first-order chi connectivity index (χ1) is 14.2. The van der Waals surface area contributed by atoms with E-state index in [-0.39, 0.29) is 6.61 Å². The van der Waals surface area contributed by atoms with Gasteiger partial charge in [0.05, 0.1) is 26.5 Å². The van der Waals surface area contributed by atoms with Crippen LogP contribution in [-0.2, 0) is 6.54 Å². The molecule has 0 bridgehead atoms. The second-order valence-corrected chi connectivity index (χ2v) is 6.62. The lowest BCUT2D eigenvalue weighted by molar-refractivity contribution is 0.276. The highest BCUT2D eigenvalue weighted by atomic mass is 16.5. The quantitative estimate of drug-likeness (QED) is 0.478. The zero-order valence-electron chi connectivity index (χ0n) is 16.5. The highest BCUT2D eigenvalue weighted by Crippen LogP contribution is 2.39. The maximum atomic E-state index is 9.35. The van der Waals surface area contributed by atoms with E-state index in [0.29, 0.717) is 6.54 Å². The van der Waals surface area contributed by atoms with Crippen LogP contribution in [0.1, 0.15) is 0 Å². The van der Waals surface area contributed by atoms with Gasteiger partial charge in [-0.05, 0) is 60.2 Å². The van der Waals surface area contributed by atoms with Gasteiger partial charge in [0.25, 0.3) is 0 Å². The number of aliphatic hydroxyl groups is 1. The van der Waals surface area contributed by atoms with Crippen LogP contribution >= 0.6 is 0 Å². The highest BCUT2D eigenvalue weighted by molar-refractivity contribution is 5.83. The number of aromatic nitrogens is 1. The van der Waals surface area contributed by atoms with Crippen molar-refractivity contribution in [3.05, 3.63) is 72.9 Å². The summed E-state index contributed by atoms with van der Waals surface area (Å²) in [6.45, 7) is 0.581. The molecule has 29 heavy (non-hydrogen) atoms. The van der Waals surface area contributed by atoms with E-state index in [1.807, 2.05) is 77.5 Å². The van der Waals surface area contributed by atoms with Gasteiger partial charge in [-0.2, -0.15) is 0 Å². The average molecular weight is 389 g/mol. The van der Waals surface area contributed by atoms with Gasteiger partial charge in [0.2, 0.25) is 0 Å². The fraction of sp³-hybridized carbons (Fsp3) is 0.167. The van der Waals surface area contributed by atoms with E-state index in [1.54, 1.807) is 14.2 Å². The predicted molar refractivity (Wildman–Crippen MR) is 113 cm³/mol. The van der Waals surface area contributed by atoms with Crippen molar-refractivity contribution in [2.24, 2.45) is 0 Å². The lowest BCUT2D eigenvalue weighted by Gasteiger charge is -2.06. The minimum absolute atomic E-state index is 0.0685. The number of hydrogen-bond donors (Lipinski definition) is 1. The minimum atomic E-state index is 0.0685. The molecule has 0 aliphatic rings. The maximum absolute atomic E-state index is 9.35. The van der Waals surface area contributed by atoms with Gasteiger partial charge in [-0.3, -0.25) is 0 Å². The van der Waals surface area contributed by atoms with Gasteiger partial charge >= 0.3 is 0 Å². The van der Waals surface area contributed by atoms with Gasteiger partial charge in [-0.1, -0.05) is 12.1 Å². The number of benzene rings is 2. The summed E-state index contributed by atoms with van der Waals surface area (Å²) in [5.74, 6) is 3.13. The van der Waals surface area contributed by atoms with E-state index in [2.05, 4.69) is 0 Å². The van der Waals surface area contributed by atoms with Crippen LogP contribution in [0.2, 0.25) is 0 Å². The molecule has 0 amide bonds. The van der Waals surface area contributed by atoms with Crippen molar-refractivity contribution < 1.29 is 19.0 Å². The molecule has 2 aromatic heterocycles. The molecule has 0 saturated carbocycles. The third-order valence-electron chi connectivity index (χ3n) is 4.91. The second-order valence-electron chi connectivity index (χ2n) is 6.62. The third-order valence-corrected chi connectivity index (χ3v) is 4.91. The normalized spacial score (nSPS) is 10.9. The molecule has 0 radical (unpaired) electrons. The first-order valence-corrected chi connectivity index (χ1v) is 9.42. The van der Waals surface area contributed by atoms with Crippen LogP contribution in [0.4, 0.5) is 0 Å². The fourth-order valence-corrected chi connectivity index (χ4v) is 3.40. The Hall–Kier alpha value is -3.44. The molecular formula is C24H23NO4. The number of hydrogen-bond acceptors (Lipinski definition) is 4. The summed E-state index contributed by atoms with van der Waals surface area (Å²) in [6, 6.07) is 21.7. The summed E-state index contributed by atoms with van der Waals surface area (Å²) in [5, 5.41) is 9.35. The summed E-state index contributed by atoms with van der Waals surface area (Å²) in [5.41, 5.74) is 3.91. The molecule has 0 aliphatic carbocycles. The van der Waals surface area contributed by atoms with E-state index < -0.39 is 0 Å². The first-order valence-electron chi connectivity index (χ1n) is 9.42. The van der Waals surface area contributed by atoms with E-state index in [4.69, 9.17) is 13.9 Å². The van der Waals surface area contributed by atoms with Crippen molar-refractivity contribution in [3.63, 3.8) is 0 Å². The molecule has 148 valence electrons. The predicted octanol–water partition coefficient (Wildman–Crippen LogP) is 5.09. The molecule has 4 rings (SSSR count). The summed E-state index contributed by atoms with van der Waals surface area (Å²) in [4.78, 5) is 0. The molecule has 5 heteroatoms. The Labute approximate surface area is 169 Å². The largest absolute Gasteiger partial charge is 0.497 e. The van der Waals surface area contributed by atoms with Crippen LogP contribution in [-0.4, -0.2) is 30.5 Å². The Balaban J connectivity index is 1.84. The number of methoxy groups -OCH3 is 2. The van der Waals surface area contributed by atoms with Gasteiger partial charge < -0.3 is 23.6 Å². The van der Waals surface area contributed by atoms with Crippen molar-refractivity contribution in [2.75, 3.05) is 20.8 Å². The van der Waals surface area contributed by atoms with Gasteiger partial charge in [-0.25, -0.2) is 0 Å². The zero-order valence-corrected chi connectivity index (χ0v) is 16.5. The number of ether oxygens (including phenoxy) is 2. The average Bonchev–Trinajstić information content (AvgIpc) is 3.41. The van der Waals surface area contributed by atoms with Crippen molar-refractivity contribution in [3.8, 4) is 45.4 Å². The number of rotatable bonds is 7. The Bertz CT molecular complexity index is 1010. The lowest BCUT2D eigenvalue weighted by atomic mass is 10.0. The zero-order chi connectivity index (χ0) is 20.2. The fourth-order valence-electron chi connectivity index (χ4n) is 3.40. The van der Waals surface area contributed by atoms with E-state index in [0.717, 1.165) is 45.4 Å². The molecule has 2 heterocycles. The molecular weight excluding hydrogens is 366 g/mol. The van der Waals surface area contributed by atoms with E-state index in [9.17, 15) is 5.11 Å². The number of furan rings is 1. The summed E-state index contributed by atoms with van der Waals surface area (Å²) in [7, 11) is 3.31. The maximum Gasteiger partial charge on any atom is 0.151 e. The Morgan fingerprint density at radius 3 is 2.07 bits per heavy atom. The molecule has 0 unspecified atom stereocenters. The molecule has 0 atom stereocenters. The van der Waals surface area contributed by atoms with Crippen LogP contribution in [0.25, 0.3) is 33.9 Å². The molecule has 0 spiro atoms. The standard InChI is InChI=1S/C24H23NO4/c1-27-19-9-5-17(6-10-19)21-16-23(22-4-3-13-25(22)14-15-26)29-24(21)18-7-11-20(28-2)12-8-18/h3-13,16,26H,14-15H2,1-2H3. The Kier molecular flexibility index (Phi) is 5.40. The van der Waals surface area contributed by atoms with Crippen molar-refractivity contribution in [1.82, 2.24) is 4.57 Å². The van der Waals surface area contributed by atoms with Crippen LogP contribution in [0.3, 0.4) is 0 Å². The summed E-state index contributed by atoms with van der Waals surface area (Å²) in [6.07, 6.45) is 1.94. The molecule has 0 fully saturated rings. The van der Waals surface area contributed by atoms with Crippen molar-refractivity contribution in [1.29, 1.82) is 0 Å². The first kappa shape index (κ1) is 18.9. The van der Waals surface area contributed by atoms with E-state index in [1.165, 1.54) is 0 Å². The Morgan fingerprint density at radius 2 is 1.48 bits per heavy atom. The summed E-state index contributed by atoms with van der Waals surface area (Å²) >= 11 is 0. The van der Waals surface area contributed by atoms with Crippen LogP contribution < -0.4 is 9.47 Å². The molecule has 4 aromatic rings. The number of aliphatic hydroxyl groups excluding tert-OH is 1. The molecule has 1 N–H and O–H groups in total. The molecule has 0 aliphatic heterocycles. The summed E-state index contributed by atoms with van der Waals surface area (Å²) < 4.78 is 18.9. The monoisotopic (exact) mass is 389 g/mol. The molecule has 0 saturated heterocycles. The SMILES string of the molecule is COc1ccc(-c2cc(-c3cccn3CCO)oc2-c2ccc(OC)cc2)cc1. The van der Waals surface area contributed by atoms with Gasteiger partial charge in [0.15, 0.2) is 5.76 Å². The highest BCUT2D eigenvalue weighted by Gasteiger charge is 2.18. The van der Waals surface area contributed by atoms with E-state index >= 15 is 0 Å². The smallest absolute Gasteiger partial charge is 0.151 e. The molecule has 2 aromatic carbocycles. The minimum Gasteiger partial charge on any atom is -0.497 e. The van der Waals surface area contributed by atoms with Gasteiger partial charge in [-0.15, -0.1) is 0 Å². The van der Waals surface area contributed by atoms with Crippen LogP contribution in [0, 0.1) is 0 Å². The van der Waals surface area contributed by atoms with Crippen molar-refractivity contribution >= 4 is 0 Å². The van der Waals surface area contributed by atoms with Crippen molar-refractivity contribution in [2.45, 2.75) is 6.54 Å². The van der Waals surface area contributed by atoms with Crippen LogP contribution in [0.15, 0.2) is 77.3 Å². The lowest BCUT2D eigenvalue weighted by Crippen LogP contribution is -2.01. The third kappa shape index (κ3) is 3.77. The van der Waals surface area contributed by atoms with Crippen LogP contribution in [0.5, 0.6) is 11.5 Å². The number of nitrogens with zero attached hydrogens (tertiary/aromatic N) is 1. The van der Waals surface area contributed by atoms with Gasteiger partial charge in [0.1, 0.15) is 17.3 Å². The van der Waals surface area contributed by atoms with Gasteiger partial charge in [0, 0.05) is 23.9 Å². The Morgan fingerprint density at radius 1 is 0.862 bits per heavy atom. The second kappa shape index (κ2) is 8.29. The molecule has 5 nitrogen and oxygen atoms in total. The topological polar surface area (TPSA) is 56.8 Å².